The highest BCUT2D eigenvalue weighted by Crippen LogP contribution is 2.30. The molecular weight excluding hydrogens is 346 g/mol. The summed E-state index contributed by atoms with van der Waals surface area (Å²) in [5, 5.41) is 7.09. The SMILES string of the molecule is CC(Oc1ccccc1Br)C(=O)Nc1cnn(CC2CC2)c1. The number of anilines is 1. The van der Waals surface area contributed by atoms with E-state index in [2.05, 4.69) is 26.3 Å². The first-order chi connectivity index (χ1) is 10.6. The van der Waals surface area contributed by atoms with Gasteiger partial charge in [-0.05, 0) is 53.7 Å². The largest absolute Gasteiger partial charge is 0.480 e. The third kappa shape index (κ3) is 3.88. The van der Waals surface area contributed by atoms with Gasteiger partial charge in [-0.25, -0.2) is 0 Å². The number of nitrogens with zero attached hydrogens (tertiary/aromatic N) is 2. The van der Waals surface area contributed by atoms with Crippen molar-refractivity contribution in [2.24, 2.45) is 5.92 Å². The molecule has 0 bridgehead atoms. The van der Waals surface area contributed by atoms with Gasteiger partial charge in [-0.2, -0.15) is 5.10 Å². The number of rotatable bonds is 6. The van der Waals surface area contributed by atoms with Crippen molar-refractivity contribution in [3.8, 4) is 5.75 Å². The molecule has 5 nitrogen and oxygen atoms in total. The molecule has 1 saturated carbocycles. The Morgan fingerprint density at radius 3 is 3.00 bits per heavy atom. The molecule has 22 heavy (non-hydrogen) atoms. The van der Waals surface area contributed by atoms with Crippen molar-refractivity contribution in [3.05, 3.63) is 41.1 Å². The fourth-order valence-corrected chi connectivity index (χ4v) is 2.50. The van der Waals surface area contributed by atoms with Crippen LogP contribution in [0.1, 0.15) is 19.8 Å². The maximum Gasteiger partial charge on any atom is 0.265 e. The Balaban J connectivity index is 1.56. The first-order valence-electron chi connectivity index (χ1n) is 7.36. The molecule has 0 radical (unpaired) electrons. The number of nitrogens with one attached hydrogen (secondary N) is 1. The fourth-order valence-electron chi connectivity index (χ4n) is 2.12. The van der Waals surface area contributed by atoms with E-state index in [1.54, 1.807) is 13.1 Å². The number of hydrogen-bond acceptors (Lipinski definition) is 3. The molecule has 0 spiro atoms. The van der Waals surface area contributed by atoms with Crippen molar-refractivity contribution in [2.75, 3.05) is 5.32 Å². The van der Waals surface area contributed by atoms with E-state index < -0.39 is 6.10 Å². The van der Waals surface area contributed by atoms with E-state index >= 15 is 0 Å². The minimum atomic E-state index is -0.592. The van der Waals surface area contributed by atoms with Gasteiger partial charge in [-0.3, -0.25) is 9.48 Å². The first kappa shape index (κ1) is 15.1. The van der Waals surface area contributed by atoms with E-state index in [0.717, 1.165) is 16.9 Å². The quantitative estimate of drug-likeness (QED) is 0.854. The van der Waals surface area contributed by atoms with Gasteiger partial charge in [0.25, 0.3) is 5.91 Å². The second kappa shape index (κ2) is 6.52. The predicted molar refractivity (Wildman–Crippen MR) is 87.8 cm³/mol. The maximum atomic E-state index is 12.2. The zero-order valence-electron chi connectivity index (χ0n) is 12.3. The van der Waals surface area contributed by atoms with E-state index in [4.69, 9.17) is 4.74 Å². The van der Waals surface area contributed by atoms with Crippen molar-refractivity contribution in [1.29, 1.82) is 0 Å². The smallest absolute Gasteiger partial charge is 0.265 e. The molecule has 1 aliphatic rings. The molecule has 0 saturated heterocycles. The maximum absolute atomic E-state index is 12.2. The van der Waals surface area contributed by atoms with Crippen LogP contribution in [0.2, 0.25) is 0 Å². The summed E-state index contributed by atoms with van der Waals surface area (Å²) in [4.78, 5) is 12.2. The summed E-state index contributed by atoms with van der Waals surface area (Å²) in [6, 6.07) is 7.46. The Hall–Kier alpha value is -1.82. The van der Waals surface area contributed by atoms with Crippen molar-refractivity contribution < 1.29 is 9.53 Å². The summed E-state index contributed by atoms with van der Waals surface area (Å²) in [6.45, 7) is 2.66. The lowest BCUT2D eigenvalue weighted by Crippen LogP contribution is -2.30. The molecule has 0 aliphatic heterocycles. The number of carbonyl (C=O) groups is 1. The van der Waals surface area contributed by atoms with Crippen LogP contribution >= 0.6 is 15.9 Å². The number of carbonyl (C=O) groups excluding carboxylic acids is 1. The van der Waals surface area contributed by atoms with Crippen molar-refractivity contribution in [2.45, 2.75) is 32.4 Å². The molecule has 6 heteroatoms. The van der Waals surface area contributed by atoms with Gasteiger partial charge in [0, 0.05) is 12.7 Å². The summed E-state index contributed by atoms with van der Waals surface area (Å²) in [5.41, 5.74) is 0.702. The number of aromatic nitrogens is 2. The Kier molecular flexibility index (Phi) is 4.47. The van der Waals surface area contributed by atoms with Crippen molar-refractivity contribution >= 4 is 27.5 Å². The van der Waals surface area contributed by atoms with Crippen LogP contribution in [-0.4, -0.2) is 21.8 Å². The molecular formula is C16H18BrN3O2. The Labute approximate surface area is 137 Å². The summed E-state index contributed by atoms with van der Waals surface area (Å²) in [7, 11) is 0. The van der Waals surface area contributed by atoms with E-state index in [1.165, 1.54) is 12.8 Å². The van der Waals surface area contributed by atoms with Crippen molar-refractivity contribution in [1.82, 2.24) is 9.78 Å². The lowest BCUT2D eigenvalue weighted by atomic mass is 10.3. The molecule has 116 valence electrons. The molecule has 1 aromatic carbocycles. The van der Waals surface area contributed by atoms with E-state index in [9.17, 15) is 4.79 Å². The predicted octanol–water partition coefficient (Wildman–Crippen LogP) is 3.46. The summed E-state index contributed by atoms with van der Waals surface area (Å²) in [6.07, 6.45) is 5.49. The van der Waals surface area contributed by atoms with E-state index in [-0.39, 0.29) is 5.91 Å². The van der Waals surface area contributed by atoms with Crippen LogP contribution in [0.25, 0.3) is 0 Å². The number of halogens is 1. The Bertz CT molecular complexity index is 667. The lowest BCUT2D eigenvalue weighted by Gasteiger charge is -2.15. The number of ether oxygens (including phenoxy) is 1. The molecule has 3 rings (SSSR count). The van der Waals surface area contributed by atoms with Crippen LogP contribution in [0.15, 0.2) is 41.1 Å². The molecule has 1 aliphatic carbocycles. The zero-order chi connectivity index (χ0) is 15.5. The molecule has 1 heterocycles. The highest BCUT2D eigenvalue weighted by atomic mass is 79.9. The molecule has 2 aromatic rings. The summed E-state index contributed by atoms with van der Waals surface area (Å²) in [5.74, 6) is 1.21. The van der Waals surface area contributed by atoms with Crippen LogP contribution in [0.5, 0.6) is 5.75 Å². The number of hydrogen-bond donors (Lipinski definition) is 1. The van der Waals surface area contributed by atoms with Crippen LogP contribution in [0.3, 0.4) is 0 Å². The monoisotopic (exact) mass is 363 g/mol. The number of benzene rings is 1. The van der Waals surface area contributed by atoms with Gasteiger partial charge in [-0.1, -0.05) is 12.1 Å². The van der Waals surface area contributed by atoms with Gasteiger partial charge in [-0.15, -0.1) is 0 Å². The minimum Gasteiger partial charge on any atom is -0.480 e. The zero-order valence-corrected chi connectivity index (χ0v) is 13.9. The second-order valence-electron chi connectivity index (χ2n) is 5.57. The third-order valence-electron chi connectivity index (χ3n) is 3.55. The highest BCUT2D eigenvalue weighted by molar-refractivity contribution is 9.10. The molecule has 1 atom stereocenters. The Morgan fingerprint density at radius 2 is 2.27 bits per heavy atom. The average molecular weight is 364 g/mol. The van der Waals surface area contributed by atoms with Crippen LogP contribution < -0.4 is 10.1 Å². The van der Waals surface area contributed by atoms with Crippen LogP contribution in [0.4, 0.5) is 5.69 Å². The third-order valence-corrected chi connectivity index (χ3v) is 4.21. The van der Waals surface area contributed by atoms with Gasteiger partial charge < -0.3 is 10.1 Å². The van der Waals surface area contributed by atoms with Gasteiger partial charge in [0.15, 0.2) is 6.10 Å². The van der Waals surface area contributed by atoms with Crippen LogP contribution in [-0.2, 0) is 11.3 Å². The fraction of sp³-hybridized carbons (Fsp3) is 0.375. The number of para-hydroxylation sites is 1. The molecule has 1 fully saturated rings. The molecule has 1 aromatic heterocycles. The average Bonchev–Trinajstić information content (AvgIpc) is 3.20. The Morgan fingerprint density at radius 1 is 1.50 bits per heavy atom. The highest BCUT2D eigenvalue weighted by Gasteiger charge is 2.22. The van der Waals surface area contributed by atoms with E-state index in [1.807, 2.05) is 35.1 Å². The minimum absolute atomic E-state index is 0.193. The molecule has 1 unspecified atom stereocenters. The van der Waals surface area contributed by atoms with Crippen LogP contribution in [0, 0.1) is 5.92 Å². The topological polar surface area (TPSA) is 56.1 Å². The van der Waals surface area contributed by atoms with Gasteiger partial charge in [0.05, 0.1) is 16.4 Å². The molecule has 1 N–H and O–H groups in total. The van der Waals surface area contributed by atoms with E-state index in [0.29, 0.717) is 11.4 Å². The normalized spacial score (nSPS) is 15.4. The number of amides is 1. The second-order valence-corrected chi connectivity index (χ2v) is 6.43. The lowest BCUT2D eigenvalue weighted by molar-refractivity contribution is -0.122. The van der Waals surface area contributed by atoms with Crippen molar-refractivity contribution in [3.63, 3.8) is 0 Å². The standard InChI is InChI=1S/C16H18BrN3O2/c1-11(22-15-5-3-2-4-14(15)17)16(21)19-13-8-18-20(10-13)9-12-6-7-12/h2-5,8,10-12H,6-7,9H2,1H3,(H,19,21). The summed E-state index contributed by atoms with van der Waals surface area (Å²) < 4.78 is 8.38. The summed E-state index contributed by atoms with van der Waals surface area (Å²) >= 11 is 3.40. The van der Waals surface area contributed by atoms with Gasteiger partial charge >= 0.3 is 0 Å². The molecule has 1 amide bonds. The first-order valence-corrected chi connectivity index (χ1v) is 8.15. The van der Waals surface area contributed by atoms with Gasteiger partial charge in [0.1, 0.15) is 5.75 Å². The van der Waals surface area contributed by atoms with Gasteiger partial charge in [0.2, 0.25) is 0 Å².